The molecule has 0 aromatic heterocycles. The van der Waals surface area contributed by atoms with E-state index >= 15 is 0 Å². The highest BCUT2D eigenvalue weighted by atomic mass is 16.5. The van der Waals surface area contributed by atoms with Crippen molar-refractivity contribution >= 4 is 0 Å². The SMILES string of the molecule is COCC1=C(O)C(Cc2cc(C)cc(OC)c2O)=CC(C)C1C. The fourth-order valence-corrected chi connectivity index (χ4v) is 3.09. The number of aliphatic hydroxyl groups excluding tert-OH is 1. The number of hydrogen-bond donors (Lipinski definition) is 2. The van der Waals surface area contributed by atoms with Gasteiger partial charge in [0.05, 0.1) is 13.7 Å². The topological polar surface area (TPSA) is 58.9 Å². The van der Waals surface area contributed by atoms with Gasteiger partial charge < -0.3 is 19.7 Å². The summed E-state index contributed by atoms with van der Waals surface area (Å²) in [6.45, 7) is 6.59. The Labute approximate surface area is 138 Å². The zero-order chi connectivity index (χ0) is 17.1. The lowest BCUT2D eigenvalue weighted by Gasteiger charge is -2.28. The maximum Gasteiger partial charge on any atom is 0.161 e. The van der Waals surface area contributed by atoms with Crippen molar-refractivity contribution < 1.29 is 19.7 Å². The lowest BCUT2D eigenvalue weighted by atomic mass is 9.80. The van der Waals surface area contributed by atoms with Crippen LogP contribution in [0.2, 0.25) is 0 Å². The number of rotatable bonds is 5. The molecule has 4 heteroatoms. The van der Waals surface area contributed by atoms with Gasteiger partial charge >= 0.3 is 0 Å². The van der Waals surface area contributed by atoms with Gasteiger partial charge in [-0.2, -0.15) is 0 Å². The Kier molecular flexibility index (Phi) is 5.37. The van der Waals surface area contributed by atoms with E-state index in [2.05, 4.69) is 19.9 Å². The number of phenolic OH excluding ortho intramolecular Hbond substituents is 1. The van der Waals surface area contributed by atoms with Gasteiger partial charge in [-0.1, -0.05) is 26.0 Å². The van der Waals surface area contributed by atoms with Gasteiger partial charge in [-0.3, -0.25) is 0 Å². The highest BCUT2D eigenvalue weighted by molar-refractivity contribution is 5.51. The van der Waals surface area contributed by atoms with E-state index in [9.17, 15) is 10.2 Å². The van der Waals surface area contributed by atoms with Crippen LogP contribution >= 0.6 is 0 Å². The summed E-state index contributed by atoms with van der Waals surface area (Å²) in [5.74, 6) is 1.42. The Hall–Kier alpha value is -1.94. The second-order valence-electron chi connectivity index (χ2n) is 6.30. The summed E-state index contributed by atoms with van der Waals surface area (Å²) in [6.07, 6.45) is 2.54. The van der Waals surface area contributed by atoms with Crippen molar-refractivity contribution in [2.24, 2.45) is 11.8 Å². The normalized spacial score (nSPS) is 21.3. The van der Waals surface area contributed by atoms with E-state index in [0.29, 0.717) is 24.7 Å². The molecule has 0 fully saturated rings. The molecule has 0 bridgehead atoms. The molecule has 4 nitrogen and oxygen atoms in total. The summed E-state index contributed by atoms with van der Waals surface area (Å²) in [5, 5.41) is 21.0. The molecule has 2 rings (SSSR count). The van der Waals surface area contributed by atoms with Gasteiger partial charge in [0.25, 0.3) is 0 Å². The van der Waals surface area contributed by atoms with Gasteiger partial charge in [-0.05, 0) is 36.0 Å². The van der Waals surface area contributed by atoms with Gasteiger partial charge in [0.15, 0.2) is 11.5 Å². The maximum absolute atomic E-state index is 10.6. The molecule has 23 heavy (non-hydrogen) atoms. The second-order valence-corrected chi connectivity index (χ2v) is 6.30. The first-order valence-electron chi connectivity index (χ1n) is 7.87. The maximum atomic E-state index is 10.6. The number of aryl methyl sites for hydroxylation is 1. The molecule has 1 aliphatic rings. The van der Waals surface area contributed by atoms with E-state index in [4.69, 9.17) is 9.47 Å². The molecule has 2 atom stereocenters. The van der Waals surface area contributed by atoms with E-state index in [1.54, 1.807) is 13.2 Å². The fraction of sp³-hybridized carbons (Fsp3) is 0.474. The molecule has 0 amide bonds. The van der Waals surface area contributed by atoms with Crippen molar-refractivity contribution in [1.29, 1.82) is 0 Å². The number of benzene rings is 1. The zero-order valence-electron chi connectivity index (χ0n) is 14.5. The first-order chi connectivity index (χ1) is 10.9. The molecular formula is C19H26O4. The molecule has 0 heterocycles. The standard InChI is InChI=1S/C19H26O4/c1-11-6-14(19(21)17(7-11)23-5)9-15-8-12(2)13(3)16(10-22-4)18(15)20/h6-8,12-13,20-21H,9-10H2,1-5H3. The van der Waals surface area contributed by atoms with Crippen LogP contribution in [0, 0.1) is 18.8 Å². The third kappa shape index (κ3) is 3.53. The predicted octanol–water partition coefficient (Wildman–Crippen LogP) is 3.92. The van der Waals surface area contributed by atoms with Crippen LogP contribution in [-0.4, -0.2) is 31.0 Å². The Balaban J connectivity index is 2.40. The Bertz CT molecular complexity index is 643. The summed E-state index contributed by atoms with van der Waals surface area (Å²) in [5.41, 5.74) is 3.49. The van der Waals surface area contributed by atoms with Gasteiger partial charge in [-0.15, -0.1) is 0 Å². The summed E-state index contributed by atoms with van der Waals surface area (Å²) < 4.78 is 10.5. The Morgan fingerprint density at radius 3 is 2.43 bits per heavy atom. The van der Waals surface area contributed by atoms with Crippen molar-refractivity contribution in [2.75, 3.05) is 20.8 Å². The number of aliphatic hydroxyl groups is 1. The quantitative estimate of drug-likeness (QED) is 0.864. The number of methoxy groups -OCH3 is 2. The average Bonchev–Trinajstić information content (AvgIpc) is 2.52. The van der Waals surface area contributed by atoms with Crippen LogP contribution < -0.4 is 4.74 Å². The third-order valence-corrected chi connectivity index (χ3v) is 4.61. The van der Waals surface area contributed by atoms with Crippen molar-refractivity contribution in [3.8, 4) is 11.5 Å². The molecule has 2 unspecified atom stereocenters. The molecule has 2 N–H and O–H groups in total. The molecule has 1 aromatic rings. The molecular weight excluding hydrogens is 292 g/mol. The number of aromatic hydroxyl groups is 1. The largest absolute Gasteiger partial charge is 0.508 e. The van der Waals surface area contributed by atoms with Gasteiger partial charge in [0.1, 0.15) is 5.76 Å². The van der Waals surface area contributed by atoms with Crippen LogP contribution in [0.4, 0.5) is 0 Å². The average molecular weight is 318 g/mol. The molecule has 0 radical (unpaired) electrons. The van der Waals surface area contributed by atoms with E-state index < -0.39 is 0 Å². The van der Waals surface area contributed by atoms with Crippen molar-refractivity contribution in [1.82, 2.24) is 0 Å². The number of ether oxygens (including phenoxy) is 2. The van der Waals surface area contributed by atoms with Crippen LogP contribution in [-0.2, 0) is 11.2 Å². The monoisotopic (exact) mass is 318 g/mol. The molecule has 1 aliphatic carbocycles. The van der Waals surface area contributed by atoms with Gasteiger partial charge in [0.2, 0.25) is 0 Å². The van der Waals surface area contributed by atoms with Crippen LogP contribution in [0.5, 0.6) is 11.5 Å². The van der Waals surface area contributed by atoms with Crippen LogP contribution in [0.15, 0.2) is 35.1 Å². The minimum Gasteiger partial charge on any atom is -0.508 e. The predicted molar refractivity (Wildman–Crippen MR) is 91.0 cm³/mol. The molecule has 0 aliphatic heterocycles. The van der Waals surface area contributed by atoms with E-state index in [-0.39, 0.29) is 17.4 Å². The van der Waals surface area contributed by atoms with Crippen molar-refractivity contribution in [2.45, 2.75) is 27.2 Å². The highest BCUT2D eigenvalue weighted by Gasteiger charge is 2.27. The zero-order valence-corrected chi connectivity index (χ0v) is 14.5. The third-order valence-electron chi connectivity index (χ3n) is 4.61. The molecule has 0 saturated heterocycles. The van der Waals surface area contributed by atoms with Crippen molar-refractivity contribution in [3.05, 3.63) is 46.2 Å². The smallest absolute Gasteiger partial charge is 0.161 e. The number of phenols is 1. The summed E-state index contributed by atoms with van der Waals surface area (Å²) in [6, 6.07) is 3.72. The Morgan fingerprint density at radius 1 is 1.13 bits per heavy atom. The lowest BCUT2D eigenvalue weighted by Crippen LogP contribution is -2.21. The fourth-order valence-electron chi connectivity index (χ4n) is 3.09. The molecule has 1 aromatic carbocycles. The minimum absolute atomic E-state index is 0.131. The van der Waals surface area contributed by atoms with Crippen LogP contribution in [0.1, 0.15) is 25.0 Å². The Morgan fingerprint density at radius 2 is 1.83 bits per heavy atom. The summed E-state index contributed by atoms with van der Waals surface area (Å²) in [4.78, 5) is 0. The van der Waals surface area contributed by atoms with Crippen molar-refractivity contribution in [3.63, 3.8) is 0 Å². The van der Waals surface area contributed by atoms with E-state index in [1.807, 2.05) is 13.0 Å². The number of hydrogen-bond acceptors (Lipinski definition) is 4. The first-order valence-corrected chi connectivity index (χ1v) is 7.87. The first kappa shape index (κ1) is 17.4. The second kappa shape index (κ2) is 7.09. The highest BCUT2D eigenvalue weighted by Crippen LogP contribution is 2.37. The summed E-state index contributed by atoms with van der Waals surface area (Å²) >= 11 is 0. The van der Waals surface area contributed by atoms with Crippen LogP contribution in [0.3, 0.4) is 0 Å². The van der Waals surface area contributed by atoms with Gasteiger partial charge in [-0.25, -0.2) is 0 Å². The van der Waals surface area contributed by atoms with Gasteiger partial charge in [0, 0.05) is 24.7 Å². The van der Waals surface area contributed by atoms with E-state index in [1.165, 1.54) is 7.11 Å². The number of allylic oxidation sites excluding steroid dienone is 2. The summed E-state index contributed by atoms with van der Waals surface area (Å²) in [7, 11) is 3.17. The minimum atomic E-state index is 0.131. The molecule has 0 spiro atoms. The lowest BCUT2D eigenvalue weighted by molar-refractivity contribution is 0.204. The van der Waals surface area contributed by atoms with E-state index in [0.717, 1.165) is 22.3 Å². The molecule has 126 valence electrons. The molecule has 0 saturated carbocycles. The van der Waals surface area contributed by atoms with Crippen LogP contribution in [0.25, 0.3) is 0 Å².